The molecule has 0 unspecified atom stereocenters. The molecule has 0 spiro atoms. The van der Waals surface area contributed by atoms with Crippen molar-refractivity contribution >= 4 is 11.7 Å². The van der Waals surface area contributed by atoms with Gasteiger partial charge in [0.05, 0.1) is 11.4 Å². The predicted molar refractivity (Wildman–Crippen MR) is 107 cm³/mol. The molecule has 2 aromatic heterocycles. The first-order valence-electron chi connectivity index (χ1n) is 9.02. The van der Waals surface area contributed by atoms with Crippen LogP contribution in [-0.4, -0.2) is 24.8 Å². The molecule has 0 saturated carbocycles. The predicted octanol–water partition coefficient (Wildman–Crippen LogP) is 1.34. The van der Waals surface area contributed by atoms with E-state index in [1.165, 1.54) is 10.8 Å². The van der Waals surface area contributed by atoms with Crippen molar-refractivity contribution in [3.8, 4) is 11.8 Å². The average Bonchev–Trinajstić information content (AvgIpc) is 3.06. The highest BCUT2D eigenvalue weighted by atomic mass is 16.2. The molecule has 29 heavy (non-hydrogen) atoms. The Hall–Kier alpha value is -3.93. The Balaban J connectivity index is 1.92. The van der Waals surface area contributed by atoms with Crippen molar-refractivity contribution in [2.75, 3.05) is 5.32 Å². The fourth-order valence-electron chi connectivity index (χ4n) is 2.89. The number of rotatable bonds is 5. The van der Waals surface area contributed by atoms with Gasteiger partial charge in [0, 0.05) is 18.8 Å². The molecule has 0 fully saturated rings. The number of anilines is 1. The molecule has 1 aromatic carbocycles. The van der Waals surface area contributed by atoms with Crippen molar-refractivity contribution in [3.05, 3.63) is 74.2 Å². The number of nitrogens with zero attached hydrogens (tertiary/aromatic N) is 5. The number of carbonyl (C=O) groups excluding carboxylic acids is 1. The van der Waals surface area contributed by atoms with Crippen molar-refractivity contribution in [1.82, 2.24) is 18.9 Å². The average molecular weight is 392 g/mol. The van der Waals surface area contributed by atoms with Crippen LogP contribution in [0.4, 0.5) is 5.82 Å². The highest BCUT2D eigenvalue weighted by Crippen LogP contribution is 2.17. The molecule has 3 rings (SSSR count). The van der Waals surface area contributed by atoms with E-state index in [0.717, 1.165) is 15.8 Å². The Kier molecular flexibility index (Phi) is 5.45. The summed E-state index contributed by atoms with van der Waals surface area (Å²) in [7, 11) is 0. The molecule has 0 aliphatic carbocycles. The smallest absolute Gasteiger partial charge is 0.309 e. The second kappa shape index (κ2) is 7.98. The van der Waals surface area contributed by atoms with Crippen molar-refractivity contribution in [3.63, 3.8) is 0 Å². The standard InChI is InChI=1S/C20H20N6O3/c1-4-24-11-15(10-21)19(28)25(20(24)29)12-18(27)22-17-9-14(3)23-26(17)16-7-5-13(2)6-8-16/h5-9,11H,4,12H2,1-3H3,(H,22,27). The number of amides is 1. The molecular formula is C20H20N6O3. The molecule has 3 aromatic rings. The molecule has 0 aliphatic rings. The molecule has 0 radical (unpaired) electrons. The van der Waals surface area contributed by atoms with Crippen LogP contribution in [0.1, 0.15) is 23.7 Å². The van der Waals surface area contributed by atoms with E-state index in [-0.39, 0.29) is 12.1 Å². The molecule has 1 amide bonds. The van der Waals surface area contributed by atoms with Crippen LogP contribution in [0.15, 0.2) is 46.1 Å². The highest BCUT2D eigenvalue weighted by molar-refractivity contribution is 5.90. The fraction of sp³-hybridized carbons (Fsp3) is 0.250. The van der Waals surface area contributed by atoms with Gasteiger partial charge in [0.15, 0.2) is 0 Å². The summed E-state index contributed by atoms with van der Waals surface area (Å²) in [5.41, 5.74) is 0.913. The monoisotopic (exact) mass is 392 g/mol. The van der Waals surface area contributed by atoms with Crippen molar-refractivity contribution in [2.24, 2.45) is 0 Å². The molecule has 0 aliphatic heterocycles. The summed E-state index contributed by atoms with van der Waals surface area (Å²) >= 11 is 0. The molecule has 0 bridgehead atoms. The summed E-state index contributed by atoms with van der Waals surface area (Å²) in [4.78, 5) is 37.3. The van der Waals surface area contributed by atoms with E-state index in [2.05, 4.69) is 10.4 Å². The number of benzene rings is 1. The van der Waals surface area contributed by atoms with Gasteiger partial charge in [-0.1, -0.05) is 17.7 Å². The number of nitriles is 1. The lowest BCUT2D eigenvalue weighted by molar-refractivity contribution is -0.116. The third-order valence-electron chi connectivity index (χ3n) is 4.38. The van der Waals surface area contributed by atoms with Gasteiger partial charge in [-0.25, -0.2) is 14.0 Å². The van der Waals surface area contributed by atoms with Crippen LogP contribution >= 0.6 is 0 Å². The Morgan fingerprint density at radius 3 is 2.52 bits per heavy atom. The molecule has 0 atom stereocenters. The Bertz CT molecular complexity index is 1230. The van der Waals surface area contributed by atoms with E-state index in [4.69, 9.17) is 5.26 Å². The van der Waals surface area contributed by atoms with Gasteiger partial charge in [-0.2, -0.15) is 10.4 Å². The first-order valence-corrected chi connectivity index (χ1v) is 9.02. The van der Waals surface area contributed by atoms with Gasteiger partial charge in [0.2, 0.25) is 5.91 Å². The van der Waals surface area contributed by atoms with E-state index in [9.17, 15) is 14.4 Å². The summed E-state index contributed by atoms with van der Waals surface area (Å²) in [5, 5.41) is 16.2. The minimum absolute atomic E-state index is 0.195. The third kappa shape index (κ3) is 4.01. The number of carbonyl (C=O) groups is 1. The zero-order chi connectivity index (χ0) is 21.1. The topological polar surface area (TPSA) is 115 Å². The molecule has 148 valence electrons. The minimum atomic E-state index is -0.791. The number of aryl methyl sites for hydroxylation is 3. The summed E-state index contributed by atoms with van der Waals surface area (Å²) in [6.45, 7) is 5.23. The largest absolute Gasteiger partial charge is 0.331 e. The summed E-state index contributed by atoms with van der Waals surface area (Å²) < 4.78 is 3.55. The quantitative estimate of drug-likeness (QED) is 0.704. The molecule has 2 heterocycles. The lowest BCUT2D eigenvalue weighted by Crippen LogP contribution is -2.43. The van der Waals surface area contributed by atoms with Crippen LogP contribution in [0.2, 0.25) is 0 Å². The van der Waals surface area contributed by atoms with Crippen LogP contribution in [0, 0.1) is 25.2 Å². The third-order valence-corrected chi connectivity index (χ3v) is 4.38. The van der Waals surface area contributed by atoms with Crippen LogP contribution in [0.5, 0.6) is 0 Å². The van der Waals surface area contributed by atoms with Crippen molar-refractivity contribution < 1.29 is 4.79 Å². The van der Waals surface area contributed by atoms with Gasteiger partial charge in [-0.3, -0.25) is 14.2 Å². The Morgan fingerprint density at radius 1 is 1.21 bits per heavy atom. The van der Waals surface area contributed by atoms with E-state index < -0.39 is 23.7 Å². The maximum Gasteiger partial charge on any atom is 0.331 e. The summed E-state index contributed by atoms with van der Waals surface area (Å²) in [6, 6.07) is 11.1. The van der Waals surface area contributed by atoms with Gasteiger partial charge in [0.25, 0.3) is 5.56 Å². The van der Waals surface area contributed by atoms with E-state index in [0.29, 0.717) is 11.5 Å². The molecule has 1 N–H and O–H groups in total. The molecule has 0 saturated heterocycles. The van der Waals surface area contributed by atoms with Crippen molar-refractivity contribution in [1.29, 1.82) is 5.26 Å². The zero-order valence-corrected chi connectivity index (χ0v) is 16.3. The molecule has 9 heteroatoms. The van der Waals surface area contributed by atoms with E-state index >= 15 is 0 Å². The van der Waals surface area contributed by atoms with Gasteiger partial charge in [0.1, 0.15) is 24.0 Å². The first kappa shape index (κ1) is 19.8. The maximum absolute atomic E-state index is 12.6. The van der Waals surface area contributed by atoms with Gasteiger partial charge in [-0.05, 0) is 32.9 Å². The van der Waals surface area contributed by atoms with Crippen LogP contribution < -0.4 is 16.6 Å². The van der Waals surface area contributed by atoms with E-state index in [1.807, 2.05) is 31.2 Å². The van der Waals surface area contributed by atoms with Crippen LogP contribution in [0.25, 0.3) is 5.69 Å². The van der Waals surface area contributed by atoms with E-state index in [1.54, 1.807) is 30.7 Å². The lowest BCUT2D eigenvalue weighted by atomic mass is 10.2. The zero-order valence-electron chi connectivity index (χ0n) is 16.3. The lowest BCUT2D eigenvalue weighted by Gasteiger charge is -2.11. The van der Waals surface area contributed by atoms with Gasteiger partial charge < -0.3 is 5.32 Å². The number of aromatic nitrogens is 4. The Morgan fingerprint density at radius 2 is 1.90 bits per heavy atom. The SMILES string of the molecule is CCn1cc(C#N)c(=O)n(CC(=O)Nc2cc(C)nn2-c2ccc(C)cc2)c1=O. The Labute approximate surface area is 166 Å². The normalized spacial score (nSPS) is 10.6. The highest BCUT2D eigenvalue weighted by Gasteiger charge is 2.16. The molecular weight excluding hydrogens is 372 g/mol. The second-order valence-electron chi connectivity index (χ2n) is 6.58. The summed E-state index contributed by atoms with van der Waals surface area (Å²) in [6.07, 6.45) is 1.20. The maximum atomic E-state index is 12.6. The van der Waals surface area contributed by atoms with Gasteiger partial charge in [-0.15, -0.1) is 0 Å². The number of nitrogens with one attached hydrogen (secondary N) is 1. The number of hydrogen-bond donors (Lipinski definition) is 1. The fourth-order valence-corrected chi connectivity index (χ4v) is 2.89. The van der Waals surface area contributed by atoms with Gasteiger partial charge >= 0.3 is 5.69 Å². The minimum Gasteiger partial charge on any atom is -0.309 e. The molecule has 9 nitrogen and oxygen atoms in total. The van der Waals surface area contributed by atoms with Crippen LogP contribution in [-0.2, 0) is 17.9 Å². The number of hydrogen-bond acceptors (Lipinski definition) is 5. The first-order chi connectivity index (χ1) is 13.8. The van der Waals surface area contributed by atoms with Crippen molar-refractivity contribution in [2.45, 2.75) is 33.9 Å². The van der Waals surface area contributed by atoms with Crippen LogP contribution in [0.3, 0.4) is 0 Å². The summed E-state index contributed by atoms with van der Waals surface area (Å²) in [5.74, 6) is -0.160. The second-order valence-corrected chi connectivity index (χ2v) is 6.58.